The van der Waals surface area contributed by atoms with Gasteiger partial charge in [0, 0.05) is 12.1 Å². The highest BCUT2D eigenvalue weighted by atomic mass is 35.5. The molecule has 2 N–H and O–H groups in total. The average molecular weight is 336 g/mol. The van der Waals surface area contributed by atoms with Crippen LogP contribution in [0.5, 0.6) is 0 Å². The molecule has 0 saturated heterocycles. The quantitative estimate of drug-likeness (QED) is 0.498. The summed E-state index contributed by atoms with van der Waals surface area (Å²) in [5.74, 6) is -0.430. The van der Waals surface area contributed by atoms with E-state index in [4.69, 9.17) is 23.8 Å². The Kier molecular flexibility index (Phi) is 6.30. The van der Waals surface area contributed by atoms with Crippen molar-refractivity contribution in [2.45, 2.75) is 6.42 Å². The number of hydrazone groups is 1. The second kappa shape index (κ2) is 8.46. The fourth-order valence-electron chi connectivity index (χ4n) is 1.79. The summed E-state index contributed by atoms with van der Waals surface area (Å²) in [5, 5.41) is 7.59. The van der Waals surface area contributed by atoms with Crippen LogP contribution in [-0.2, 0) is 6.42 Å². The van der Waals surface area contributed by atoms with Gasteiger partial charge in [-0.15, -0.1) is 0 Å². The van der Waals surface area contributed by atoms with Gasteiger partial charge in [0.15, 0.2) is 5.11 Å². The number of nitrogens with zero attached hydrogens (tertiary/aromatic N) is 1. The van der Waals surface area contributed by atoms with Crippen molar-refractivity contribution in [1.29, 1.82) is 0 Å². The van der Waals surface area contributed by atoms with E-state index in [1.54, 1.807) is 6.07 Å². The fourth-order valence-corrected chi connectivity index (χ4v) is 2.16. The van der Waals surface area contributed by atoms with Gasteiger partial charge in [-0.3, -0.25) is 5.43 Å². The monoisotopic (exact) mass is 335 g/mol. The van der Waals surface area contributed by atoms with Crippen molar-refractivity contribution in [2.24, 2.45) is 5.10 Å². The summed E-state index contributed by atoms with van der Waals surface area (Å²) in [5.41, 5.74) is 4.08. The van der Waals surface area contributed by atoms with Crippen molar-refractivity contribution in [2.75, 3.05) is 6.54 Å². The third-order valence-electron chi connectivity index (χ3n) is 2.90. The first-order valence-corrected chi connectivity index (χ1v) is 7.50. The lowest BCUT2D eigenvalue weighted by Crippen LogP contribution is -2.33. The Bertz CT molecular complexity index is 641. The van der Waals surface area contributed by atoms with Gasteiger partial charge in [0.25, 0.3) is 0 Å². The molecule has 0 atom stereocenters. The zero-order chi connectivity index (χ0) is 15.8. The van der Waals surface area contributed by atoms with Gasteiger partial charge in [0.1, 0.15) is 5.82 Å². The number of hydrogen-bond donors (Lipinski definition) is 2. The van der Waals surface area contributed by atoms with E-state index in [0.29, 0.717) is 16.7 Å². The minimum Gasteiger partial charge on any atom is -0.361 e. The number of thiocarbonyl (C=S) groups is 1. The van der Waals surface area contributed by atoms with E-state index in [2.05, 4.69) is 28.0 Å². The molecule has 6 heteroatoms. The van der Waals surface area contributed by atoms with Crippen LogP contribution in [0.15, 0.2) is 53.6 Å². The molecule has 0 aliphatic heterocycles. The molecule has 2 aromatic rings. The summed E-state index contributed by atoms with van der Waals surface area (Å²) >= 11 is 11.0. The highest BCUT2D eigenvalue weighted by molar-refractivity contribution is 7.80. The lowest BCUT2D eigenvalue weighted by atomic mass is 10.1. The Morgan fingerprint density at radius 2 is 1.95 bits per heavy atom. The van der Waals surface area contributed by atoms with Crippen LogP contribution in [-0.4, -0.2) is 17.9 Å². The van der Waals surface area contributed by atoms with Gasteiger partial charge in [-0.1, -0.05) is 48.0 Å². The van der Waals surface area contributed by atoms with E-state index in [9.17, 15) is 4.39 Å². The maximum absolute atomic E-state index is 13.5. The first-order valence-electron chi connectivity index (χ1n) is 6.71. The fraction of sp³-hybridized carbons (Fsp3) is 0.125. The summed E-state index contributed by atoms with van der Waals surface area (Å²) in [6.45, 7) is 0.686. The Hall–Kier alpha value is -1.98. The second-order valence-electron chi connectivity index (χ2n) is 4.50. The van der Waals surface area contributed by atoms with Gasteiger partial charge >= 0.3 is 0 Å². The van der Waals surface area contributed by atoms with Gasteiger partial charge in [-0.25, -0.2) is 4.39 Å². The molecule has 0 aliphatic rings. The van der Waals surface area contributed by atoms with Crippen molar-refractivity contribution in [3.05, 3.63) is 70.5 Å². The molecule has 0 aromatic heterocycles. The largest absolute Gasteiger partial charge is 0.361 e. The average Bonchev–Trinajstić information content (AvgIpc) is 2.51. The molecule has 114 valence electrons. The number of benzene rings is 2. The summed E-state index contributed by atoms with van der Waals surface area (Å²) in [6, 6.07) is 14.5. The van der Waals surface area contributed by atoms with Crippen LogP contribution in [0.2, 0.25) is 5.02 Å². The van der Waals surface area contributed by atoms with E-state index in [0.717, 1.165) is 6.42 Å². The molecule has 0 heterocycles. The maximum atomic E-state index is 13.5. The lowest BCUT2D eigenvalue weighted by molar-refractivity contribution is 0.626. The van der Waals surface area contributed by atoms with Crippen LogP contribution in [0.4, 0.5) is 4.39 Å². The lowest BCUT2D eigenvalue weighted by Gasteiger charge is -2.07. The Balaban J connectivity index is 1.77. The van der Waals surface area contributed by atoms with Crippen molar-refractivity contribution < 1.29 is 4.39 Å². The Labute approximate surface area is 139 Å². The predicted molar refractivity (Wildman–Crippen MR) is 92.9 cm³/mol. The predicted octanol–water partition coefficient (Wildman–Crippen LogP) is 3.52. The molecule has 0 unspecified atom stereocenters. The van der Waals surface area contributed by atoms with E-state index in [1.165, 1.54) is 23.9 Å². The van der Waals surface area contributed by atoms with Crippen LogP contribution < -0.4 is 10.7 Å². The zero-order valence-corrected chi connectivity index (χ0v) is 13.3. The number of halogens is 2. The standard InChI is InChI=1S/C16H15ClFN3S/c17-14-7-4-8-15(18)13(14)11-20-21-16(22)19-10-9-12-5-2-1-3-6-12/h1-8,11H,9-10H2,(H2,19,21,22)/b20-11+. The van der Waals surface area contributed by atoms with Gasteiger partial charge in [0.05, 0.1) is 11.2 Å². The SMILES string of the molecule is Fc1cccc(Cl)c1/C=N/NC(=S)NCCc1ccccc1. The molecule has 0 spiro atoms. The minimum absolute atomic E-state index is 0.226. The highest BCUT2D eigenvalue weighted by Gasteiger charge is 2.03. The van der Waals surface area contributed by atoms with Crippen molar-refractivity contribution in [3.63, 3.8) is 0 Å². The topological polar surface area (TPSA) is 36.4 Å². The molecular weight excluding hydrogens is 321 g/mol. The van der Waals surface area contributed by atoms with Crippen LogP contribution >= 0.6 is 23.8 Å². The summed E-state index contributed by atoms with van der Waals surface area (Å²) in [6.07, 6.45) is 2.16. The first kappa shape index (κ1) is 16.4. The third kappa shape index (κ3) is 5.09. The van der Waals surface area contributed by atoms with Crippen LogP contribution in [0.25, 0.3) is 0 Å². The smallest absolute Gasteiger partial charge is 0.186 e. The van der Waals surface area contributed by atoms with Crippen molar-refractivity contribution in [1.82, 2.24) is 10.7 Å². The molecule has 0 aliphatic carbocycles. The molecule has 3 nitrogen and oxygen atoms in total. The molecule has 0 radical (unpaired) electrons. The highest BCUT2D eigenvalue weighted by Crippen LogP contribution is 2.16. The molecule has 2 rings (SSSR count). The normalized spacial score (nSPS) is 10.6. The second-order valence-corrected chi connectivity index (χ2v) is 5.31. The molecule has 0 amide bonds. The number of nitrogens with one attached hydrogen (secondary N) is 2. The van der Waals surface area contributed by atoms with Crippen molar-refractivity contribution in [3.8, 4) is 0 Å². The van der Waals surface area contributed by atoms with Crippen LogP contribution in [0.3, 0.4) is 0 Å². The minimum atomic E-state index is -0.430. The Morgan fingerprint density at radius 3 is 2.68 bits per heavy atom. The maximum Gasteiger partial charge on any atom is 0.186 e. The van der Waals surface area contributed by atoms with Crippen LogP contribution in [0, 0.1) is 5.82 Å². The van der Waals surface area contributed by atoms with E-state index in [1.807, 2.05) is 18.2 Å². The van der Waals surface area contributed by atoms with E-state index < -0.39 is 5.82 Å². The number of hydrogen-bond acceptors (Lipinski definition) is 2. The van der Waals surface area contributed by atoms with Gasteiger partial charge in [-0.05, 0) is 36.3 Å². The molecule has 0 fully saturated rings. The number of rotatable bonds is 5. The zero-order valence-electron chi connectivity index (χ0n) is 11.7. The summed E-state index contributed by atoms with van der Waals surface area (Å²) < 4.78 is 13.5. The molecule has 2 aromatic carbocycles. The Morgan fingerprint density at radius 1 is 1.18 bits per heavy atom. The summed E-state index contributed by atoms with van der Waals surface area (Å²) in [7, 11) is 0. The van der Waals surface area contributed by atoms with Gasteiger partial charge in [0.2, 0.25) is 0 Å². The van der Waals surface area contributed by atoms with E-state index in [-0.39, 0.29) is 5.56 Å². The first-order chi connectivity index (χ1) is 10.7. The molecule has 0 saturated carbocycles. The van der Waals surface area contributed by atoms with E-state index >= 15 is 0 Å². The third-order valence-corrected chi connectivity index (χ3v) is 3.47. The van der Waals surface area contributed by atoms with Crippen molar-refractivity contribution >= 4 is 35.1 Å². The summed E-state index contributed by atoms with van der Waals surface area (Å²) in [4.78, 5) is 0. The van der Waals surface area contributed by atoms with Crippen LogP contribution in [0.1, 0.15) is 11.1 Å². The van der Waals surface area contributed by atoms with Gasteiger partial charge < -0.3 is 5.32 Å². The molecular formula is C16H15ClFN3S. The molecule has 0 bridgehead atoms. The molecule has 22 heavy (non-hydrogen) atoms. The van der Waals surface area contributed by atoms with Gasteiger partial charge in [-0.2, -0.15) is 5.10 Å².